The molecular weight excluding hydrogens is 272 g/mol. The van der Waals surface area contributed by atoms with Gasteiger partial charge in [0.1, 0.15) is 12.4 Å². The second-order valence-electron chi connectivity index (χ2n) is 4.37. The third-order valence-electron chi connectivity index (χ3n) is 2.74. The van der Waals surface area contributed by atoms with Crippen LogP contribution < -0.4 is 9.67 Å². The highest BCUT2D eigenvalue weighted by Crippen LogP contribution is 2.02. The van der Waals surface area contributed by atoms with E-state index >= 15 is 0 Å². The van der Waals surface area contributed by atoms with E-state index in [1.54, 1.807) is 0 Å². The number of nitrogens with one attached hydrogen (secondary N) is 1. The SMILES string of the molecule is CCCC[n+]1cc[nH]c1.O=C([O-])c1ccc(C(=O)O)cc1. The summed E-state index contributed by atoms with van der Waals surface area (Å²) in [7, 11) is 0. The second-order valence-corrected chi connectivity index (χ2v) is 4.37. The lowest BCUT2D eigenvalue weighted by atomic mass is 10.1. The maximum absolute atomic E-state index is 10.3. The average Bonchev–Trinajstić information content (AvgIpc) is 2.99. The fourth-order valence-electron chi connectivity index (χ4n) is 1.55. The van der Waals surface area contributed by atoms with Gasteiger partial charge in [-0.1, -0.05) is 25.5 Å². The molecule has 0 aliphatic rings. The molecule has 1 aromatic heterocycles. The van der Waals surface area contributed by atoms with E-state index < -0.39 is 11.9 Å². The number of aromatic amines is 1. The van der Waals surface area contributed by atoms with Gasteiger partial charge in [0.25, 0.3) is 0 Å². The number of aromatic carboxylic acids is 2. The van der Waals surface area contributed by atoms with Gasteiger partial charge in [-0.2, -0.15) is 0 Å². The van der Waals surface area contributed by atoms with Crippen molar-refractivity contribution in [2.75, 3.05) is 0 Å². The minimum atomic E-state index is -1.31. The zero-order valence-electron chi connectivity index (χ0n) is 11.8. The lowest BCUT2D eigenvalue weighted by Crippen LogP contribution is -2.29. The molecule has 6 heteroatoms. The third-order valence-corrected chi connectivity index (χ3v) is 2.74. The number of H-pyrrole nitrogens is 1. The largest absolute Gasteiger partial charge is 0.545 e. The van der Waals surface area contributed by atoms with E-state index in [1.165, 1.54) is 37.1 Å². The molecule has 112 valence electrons. The number of imidazole rings is 1. The van der Waals surface area contributed by atoms with Crippen LogP contribution >= 0.6 is 0 Å². The Kier molecular flexibility index (Phi) is 6.67. The highest BCUT2D eigenvalue weighted by molar-refractivity contribution is 5.90. The Balaban J connectivity index is 0.000000219. The average molecular weight is 290 g/mol. The predicted molar refractivity (Wildman–Crippen MR) is 73.6 cm³/mol. The quantitative estimate of drug-likeness (QED) is 0.798. The van der Waals surface area contributed by atoms with E-state index in [-0.39, 0.29) is 11.1 Å². The first-order valence-corrected chi connectivity index (χ1v) is 6.61. The highest BCUT2D eigenvalue weighted by Gasteiger charge is 2.01. The van der Waals surface area contributed by atoms with Crippen molar-refractivity contribution in [1.82, 2.24) is 4.98 Å². The zero-order chi connectivity index (χ0) is 15.7. The van der Waals surface area contributed by atoms with E-state index in [0.717, 1.165) is 6.54 Å². The molecular formula is C15H18N2O4. The van der Waals surface area contributed by atoms with Crippen molar-refractivity contribution in [3.8, 4) is 0 Å². The standard InChI is InChI=1S/C8H6O4.C7H12N2/c9-7(10)5-1-2-6(4-3-5)8(11)12;1-2-3-5-9-6-4-8-7-9/h1-4H,(H,9,10)(H,11,12);4,6-7H,2-3,5H2,1H3. The number of hydrogen-bond donors (Lipinski definition) is 2. The van der Waals surface area contributed by atoms with Crippen LogP contribution in [0.5, 0.6) is 0 Å². The number of hydrogen-bond acceptors (Lipinski definition) is 3. The molecule has 0 radical (unpaired) electrons. The van der Waals surface area contributed by atoms with Crippen LogP contribution in [0.25, 0.3) is 0 Å². The van der Waals surface area contributed by atoms with Gasteiger partial charge in [-0.05, 0) is 24.1 Å². The number of benzene rings is 1. The van der Waals surface area contributed by atoms with Crippen molar-refractivity contribution in [1.29, 1.82) is 0 Å². The summed E-state index contributed by atoms with van der Waals surface area (Å²) in [4.78, 5) is 23.5. The third kappa shape index (κ3) is 5.90. The molecule has 0 atom stereocenters. The monoisotopic (exact) mass is 290 g/mol. The molecule has 0 amide bonds. The molecule has 0 spiro atoms. The second kappa shape index (κ2) is 8.52. The minimum Gasteiger partial charge on any atom is -0.545 e. The molecule has 2 N–H and O–H groups in total. The van der Waals surface area contributed by atoms with Crippen molar-refractivity contribution < 1.29 is 24.4 Å². The van der Waals surface area contributed by atoms with Gasteiger partial charge in [0.15, 0.2) is 0 Å². The van der Waals surface area contributed by atoms with Crippen molar-refractivity contribution >= 4 is 11.9 Å². The van der Waals surface area contributed by atoms with Gasteiger partial charge in [-0.15, -0.1) is 0 Å². The van der Waals surface area contributed by atoms with E-state index in [1.807, 2.05) is 12.5 Å². The predicted octanol–water partition coefficient (Wildman–Crippen LogP) is 0.851. The summed E-state index contributed by atoms with van der Waals surface area (Å²) in [6.07, 6.45) is 8.50. The molecule has 0 unspecified atom stereocenters. The minimum absolute atomic E-state index is 0.0278. The van der Waals surface area contributed by atoms with Gasteiger partial charge in [-0.25, -0.2) is 9.36 Å². The Morgan fingerprint density at radius 2 is 1.86 bits per heavy atom. The topological polar surface area (TPSA) is 97.1 Å². The normalized spacial score (nSPS) is 9.57. The lowest BCUT2D eigenvalue weighted by Gasteiger charge is -2.00. The Morgan fingerprint density at radius 1 is 1.24 bits per heavy atom. The molecule has 0 saturated carbocycles. The van der Waals surface area contributed by atoms with Crippen LogP contribution in [-0.2, 0) is 6.54 Å². The number of aromatic nitrogens is 2. The number of unbranched alkanes of at least 4 members (excludes halogenated alkanes) is 1. The summed E-state index contributed by atoms with van der Waals surface area (Å²) in [6.45, 7) is 3.34. The van der Waals surface area contributed by atoms with Crippen LogP contribution in [0.15, 0.2) is 43.0 Å². The van der Waals surface area contributed by atoms with Crippen LogP contribution in [0.2, 0.25) is 0 Å². The summed E-state index contributed by atoms with van der Waals surface area (Å²) in [5.74, 6) is -2.40. The van der Waals surface area contributed by atoms with Gasteiger partial charge in [0.2, 0.25) is 6.33 Å². The van der Waals surface area contributed by atoms with Crippen LogP contribution in [-0.4, -0.2) is 22.0 Å². The number of aryl methyl sites for hydroxylation is 1. The zero-order valence-corrected chi connectivity index (χ0v) is 11.8. The number of carboxylic acids is 2. The van der Waals surface area contributed by atoms with Crippen LogP contribution in [0.3, 0.4) is 0 Å². The van der Waals surface area contributed by atoms with E-state index in [0.29, 0.717) is 0 Å². The number of nitrogens with zero attached hydrogens (tertiary/aromatic N) is 1. The molecule has 2 aromatic rings. The smallest absolute Gasteiger partial charge is 0.335 e. The van der Waals surface area contributed by atoms with E-state index in [2.05, 4.69) is 22.7 Å². The molecule has 0 bridgehead atoms. The number of carbonyl (C=O) groups is 2. The summed E-state index contributed by atoms with van der Waals surface area (Å²) in [6, 6.07) is 4.82. The van der Waals surface area contributed by atoms with Gasteiger partial charge in [-0.3, -0.25) is 4.98 Å². The maximum Gasteiger partial charge on any atom is 0.335 e. The Morgan fingerprint density at radius 3 is 2.29 bits per heavy atom. The van der Waals surface area contributed by atoms with Crippen molar-refractivity contribution in [2.45, 2.75) is 26.3 Å². The molecule has 0 fully saturated rings. The highest BCUT2D eigenvalue weighted by atomic mass is 16.4. The lowest BCUT2D eigenvalue weighted by molar-refractivity contribution is -0.696. The molecule has 1 heterocycles. The first-order valence-electron chi connectivity index (χ1n) is 6.61. The molecule has 2 rings (SSSR count). The molecule has 6 nitrogen and oxygen atoms in total. The number of rotatable bonds is 5. The van der Waals surface area contributed by atoms with Gasteiger partial charge < -0.3 is 15.0 Å². The van der Waals surface area contributed by atoms with Crippen molar-refractivity contribution in [3.05, 3.63) is 54.1 Å². The fraction of sp³-hybridized carbons (Fsp3) is 0.267. The number of carboxylic acid groups (broad SMARTS) is 2. The molecule has 0 aliphatic heterocycles. The van der Waals surface area contributed by atoms with Gasteiger partial charge in [0.05, 0.1) is 18.1 Å². The fourth-order valence-corrected chi connectivity index (χ4v) is 1.55. The summed E-state index contributed by atoms with van der Waals surface area (Å²) >= 11 is 0. The molecule has 0 saturated heterocycles. The Bertz CT molecular complexity index is 529. The summed E-state index contributed by atoms with van der Waals surface area (Å²) < 4.78 is 2.16. The van der Waals surface area contributed by atoms with E-state index in [4.69, 9.17) is 5.11 Å². The van der Waals surface area contributed by atoms with Crippen LogP contribution in [0, 0.1) is 0 Å². The van der Waals surface area contributed by atoms with Crippen molar-refractivity contribution in [3.63, 3.8) is 0 Å². The van der Waals surface area contributed by atoms with Crippen molar-refractivity contribution in [2.24, 2.45) is 0 Å². The van der Waals surface area contributed by atoms with Gasteiger partial charge >= 0.3 is 5.97 Å². The maximum atomic E-state index is 10.3. The first kappa shape index (κ1) is 16.4. The van der Waals surface area contributed by atoms with Crippen LogP contribution in [0.4, 0.5) is 0 Å². The first-order chi connectivity index (χ1) is 10.0. The Labute approximate surface area is 122 Å². The van der Waals surface area contributed by atoms with Crippen LogP contribution in [0.1, 0.15) is 40.5 Å². The molecule has 0 aliphatic carbocycles. The van der Waals surface area contributed by atoms with Gasteiger partial charge in [0, 0.05) is 0 Å². The van der Waals surface area contributed by atoms with E-state index in [9.17, 15) is 14.7 Å². The summed E-state index contributed by atoms with van der Waals surface area (Å²) in [5, 5.41) is 18.7. The molecule has 21 heavy (non-hydrogen) atoms. The Hall–Kier alpha value is -2.63. The number of carbonyl (C=O) groups excluding carboxylic acids is 1. The molecule has 1 aromatic carbocycles. The summed E-state index contributed by atoms with van der Waals surface area (Å²) in [5.41, 5.74) is 0.0278.